The Kier molecular flexibility index (Phi) is 5.54. The summed E-state index contributed by atoms with van der Waals surface area (Å²) in [5.74, 6) is 1.53. The number of hydrogen-bond acceptors (Lipinski definition) is 5. The molecule has 0 fully saturated rings. The summed E-state index contributed by atoms with van der Waals surface area (Å²) in [6, 6.07) is 47.3. The highest BCUT2D eigenvalue weighted by Crippen LogP contribution is 2.41. The van der Waals surface area contributed by atoms with Crippen molar-refractivity contribution in [1.82, 2.24) is 19.5 Å². The first kappa shape index (κ1) is 25.9. The molecule has 3 aromatic heterocycles. The maximum Gasteiger partial charge on any atom is 0.215 e. The average Bonchev–Trinajstić information content (AvgIpc) is 3.83. The van der Waals surface area contributed by atoms with Crippen molar-refractivity contribution in [3.8, 4) is 22.8 Å². The van der Waals surface area contributed by atoms with Gasteiger partial charge >= 0.3 is 0 Å². The summed E-state index contributed by atoms with van der Waals surface area (Å²) in [7, 11) is 0. The third kappa shape index (κ3) is 3.98. The van der Waals surface area contributed by atoms with Crippen LogP contribution in [0.4, 0.5) is 11.4 Å². The SMILES string of the molecule is C1=[N+](c2ccccc2)c2ccccc2C1c1nc(-c2cccc3c2oc2ccccc23)nc(-c2cccc3c2oc2ccccc23)n1. The Labute approximate surface area is 268 Å². The molecule has 220 valence electrons. The highest BCUT2D eigenvalue weighted by molar-refractivity contribution is 6.10. The van der Waals surface area contributed by atoms with Crippen LogP contribution in [-0.4, -0.2) is 21.2 Å². The van der Waals surface area contributed by atoms with Crippen molar-refractivity contribution in [2.45, 2.75) is 5.92 Å². The minimum Gasteiger partial charge on any atom is -0.455 e. The van der Waals surface area contributed by atoms with E-state index in [0.717, 1.165) is 71.9 Å². The molecule has 0 saturated heterocycles. The Balaban J connectivity index is 1.25. The van der Waals surface area contributed by atoms with Gasteiger partial charge in [0.05, 0.1) is 11.1 Å². The molecule has 0 saturated carbocycles. The molecule has 0 amide bonds. The molecule has 6 aromatic carbocycles. The number of nitrogens with zero attached hydrogens (tertiary/aromatic N) is 4. The van der Waals surface area contributed by atoms with Gasteiger partial charge in [0, 0.05) is 45.3 Å². The zero-order chi connectivity index (χ0) is 30.9. The number of benzene rings is 6. The fourth-order valence-electron chi connectivity index (χ4n) is 6.92. The molecule has 47 heavy (non-hydrogen) atoms. The predicted molar refractivity (Wildman–Crippen MR) is 187 cm³/mol. The van der Waals surface area contributed by atoms with Gasteiger partial charge in [-0.3, -0.25) is 0 Å². The van der Waals surface area contributed by atoms with E-state index in [9.17, 15) is 0 Å². The second-order valence-electron chi connectivity index (χ2n) is 11.8. The zero-order valence-electron chi connectivity index (χ0n) is 25.0. The molecule has 0 spiro atoms. The first-order valence-electron chi connectivity index (χ1n) is 15.7. The standard InChI is InChI=1S/C41H25N4O2/c1-2-12-25(13-3-1)45-24-33(26-14-4-7-21-34(26)45)41-43-39(31-19-10-17-29-27-15-5-8-22-35(27)46-37(29)31)42-40(44-41)32-20-11-18-30-28-16-6-9-23-36(28)47-38(30)32/h1-24,33H/q+1. The maximum absolute atomic E-state index is 6.46. The quantitative estimate of drug-likeness (QED) is 0.187. The minimum absolute atomic E-state index is 0.211. The summed E-state index contributed by atoms with van der Waals surface area (Å²) in [5.41, 5.74) is 8.09. The maximum atomic E-state index is 6.46. The van der Waals surface area contributed by atoms with Gasteiger partial charge in [-0.15, -0.1) is 0 Å². The van der Waals surface area contributed by atoms with Crippen LogP contribution in [0, 0.1) is 0 Å². The Morgan fingerprint density at radius 2 is 1.00 bits per heavy atom. The molecule has 1 unspecified atom stereocenters. The van der Waals surface area contributed by atoms with Gasteiger partial charge in [-0.05, 0) is 24.3 Å². The lowest BCUT2D eigenvalue weighted by atomic mass is 10.00. The number of aromatic nitrogens is 3. The summed E-state index contributed by atoms with van der Waals surface area (Å²) in [6.45, 7) is 0. The van der Waals surface area contributed by atoms with Crippen LogP contribution in [0.2, 0.25) is 0 Å². The fourth-order valence-corrected chi connectivity index (χ4v) is 6.92. The lowest BCUT2D eigenvalue weighted by Gasteiger charge is -2.11. The van der Waals surface area contributed by atoms with Crippen molar-refractivity contribution >= 4 is 61.5 Å². The van der Waals surface area contributed by atoms with E-state index in [1.54, 1.807) is 0 Å². The van der Waals surface area contributed by atoms with E-state index in [-0.39, 0.29) is 5.92 Å². The largest absolute Gasteiger partial charge is 0.455 e. The summed E-state index contributed by atoms with van der Waals surface area (Å²) in [4.78, 5) is 15.6. The molecule has 1 atom stereocenters. The van der Waals surface area contributed by atoms with Gasteiger partial charge in [-0.25, -0.2) is 15.0 Å². The molecule has 4 heterocycles. The van der Waals surface area contributed by atoms with Crippen molar-refractivity contribution in [3.05, 3.63) is 151 Å². The van der Waals surface area contributed by atoms with Crippen molar-refractivity contribution in [2.75, 3.05) is 0 Å². The van der Waals surface area contributed by atoms with E-state index in [2.05, 4.69) is 83.6 Å². The molecule has 0 aliphatic carbocycles. The number of para-hydroxylation sites is 6. The van der Waals surface area contributed by atoms with Crippen LogP contribution >= 0.6 is 0 Å². The molecule has 0 bridgehead atoms. The van der Waals surface area contributed by atoms with Crippen molar-refractivity contribution in [3.63, 3.8) is 0 Å². The Morgan fingerprint density at radius 3 is 1.64 bits per heavy atom. The van der Waals surface area contributed by atoms with E-state index < -0.39 is 0 Å². The third-order valence-corrected chi connectivity index (χ3v) is 9.09. The smallest absolute Gasteiger partial charge is 0.215 e. The monoisotopic (exact) mass is 605 g/mol. The van der Waals surface area contributed by atoms with Crippen LogP contribution in [0.3, 0.4) is 0 Å². The fraction of sp³-hybridized carbons (Fsp3) is 0.0244. The second-order valence-corrected chi connectivity index (χ2v) is 11.8. The summed E-state index contributed by atoms with van der Waals surface area (Å²) in [6.07, 6.45) is 2.20. The lowest BCUT2D eigenvalue weighted by Crippen LogP contribution is -2.10. The minimum atomic E-state index is -0.211. The van der Waals surface area contributed by atoms with E-state index >= 15 is 0 Å². The number of fused-ring (bicyclic) bond motifs is 7. The van der Waals surface area contributed by atoms with Crippen LogP contribution in [-0.2, 0) is 0 Å². The van der Waals surface area contributed by atoms with Crippen molar-refractivity contribution in [2.24, 2.45) is 0 Å². The van der Waals surface area contributed by atoms with Crippen molar-refractivity contribution < 1.29 is 8.83 Å². The number of rotatable bonds is 4. The molecular weight excluding hydrogens is 580 g/mol. The van der Waals surface area contributed by atoms with Gasteiger partial charge < -0.3 is 8.83 Å². The molecule has 0 radical (unpaired) electrons. The molecular formula is C41H25N4O2+. The van der Waals surface area contributed by atoms with Gasteiger partial charge in [0.15, 0.2) is 23.7 Å². The molecule has 6 nitrogen and oxygen atoms in total. The average molecular weight is 606 g/mol. The summed E-state index contributed by atoms with van der Waals surface area (Å²) in [5, 5.41) is 4.16. The highest BCUT2D eigenvalue weighted by atomic mass is 16.3. The van der Waals surface area contributed by atoms with Crippen molar-refractivity contribution in [1.29, 1.82) is 0 Å². The Morgan fingerprint density at radius 1 is 0.468 bits per heavy atom. The Hall–Kier alpha value is -6.40. The molecule has 10 rings (SSSR count). The van der Waals surface area contributed by atoms with E-state index in [1.165, 1.54) is 0 Å². The lowest BCUT2D eigenvalue weighted by molar-refractivity contribution is 0.669. The number of furan rings is 2. The topological polar surface area (TPSA) is 68.0 Å². The normalized spacial score (nSPS) is 14.3. The van der Waals surface area contributed by atoms with Gasteiger partial charge in [-0.2, -0.15) is 4.58 Å². The second kappa shape index (κ2) is 10.1. The number of hydrogen-bond donors (Lipinski definition) is 0. The van der Waals surface area contributed by atoms with Crippen LogP contribution in [0.5, 0.6) is 0 Å². The zero-order valence-corrected chi connectivity index (χ0v) is 25.0. The Bertz CT molecular complexity index is 2570. The summed E-state index contributed by atoms with van der Waals surface area (Å²) < 4.78 is 15.1. The molecule has 1 aliphatic rings. The van der Waals surface area contributed by atoms with E-state index in [1.807, 2.05) is 66.7 Å². The summed E-state index contributed by atoms with van der Waals surface area (Å²) >= 11 is 0. The first-order valence-corrected chi connectivity index (χ1v) is 15.7. The van der Waals surface area contributed by atoms with Gasteiger partial charge in [0.25, 0.3) is 0 Å². The third-order valence-electron chi connectivity index (χ3n) is 9.09. The molecule has 0 N–H and O–H groups in total. The van der Waals surface area contributed by atoms with Gasteiger partial charge in [-0.1, -0.05) is 97.1 Å². The van der Waals surface area contributed by atoms with Crippen LogP contribution in [0.25, 0.3) is 66.7 Å². The molecule has 9 aromatic rings. The van der Waals surface area contributed by atoms with Crippen LogP contribution in [0.1, 0.15) is 17.3 Å². The van der Waals surface area contributed by atoms with Crippen LogP contribution in [0.15, 0.2) is 148 Å². The van der Waals surface area contributed by atoms with E-state index in [4.69, 9.17) is 23.8 Å². The van der Waals surface area contributed by atoms with Gasteiger partial charge in [0.1, 0.15) is 28.2 Å². The highest BCUT2D eigenvalue weighted by Gasteiger charge is 2.35. The van der Waals surface area contributed by atoms with Gasteiger partial charge in [0.2, 0.25) is 11.4 Å². The molecule has 6 heteroatoms. The van der Waals surface area contributed by atoms with E-state index in [0.29, 0.717) is 17.5 Å². The van der Waals surface area contributed by atoms with Crippen LogP contribution < -0.4 is 4.58 Å². The molecule has 1 aliphatic heterocycles. The predicted octanol–water partition coefficient (Wildman–Crippen LogP) is 10.1. The first-order chi connectivity index (χ1) is 23.3.